The zero-order valence-electron chi connectivity index (χ0n) is 23.8. The van der Waals surface area contributed by atoms with E-state index in [0.717, 1.165) is 62.0 Å². The van der Waals surface area contributed by atoms with Gasteiger partial charge in [0.25, 0.3) is 11.8 Å². The van der Waals surface area contributed by atoms with Gasteiger partial charge in [-0.05, 0) is 123 Å². The molecule has 9 heteroatoms. The van der Waals surface area contributed by atoms with Gasteiger partial charge >= 0.3 is 0 Å². The van der Waals surface area contributed by atoms with Gasteiger partial charge in [0.1, 0.15) is 0 Å². The van der Waals surface area contributed by atoms with E-state index < -0.39 is 15.2 Å². The predicted octanol–water partition coefficient (Wildman–Crippen LogP) is 6.09. The first kappa shape index (κ1) is 31.9. The lowest BCUT2D eigenvalue weighted by atomic mass is 9.81. The van der Waals surface area contributed by atoms with Crippen LogP contribution in [-0.2, 0) is 4.79 Å². The third-order valence-corrected chi connectivity index (χ3v) is 9.07. The number of rotatable bonds is 8. The number of amides is 2. The molecule has 6 nitrogen and oxygen atoms in total. The first-order valence-electron chi connectivity index (χ1n) is 13.6. The number of carbonyl (C=O) groups is 2. The number of halogens is 3. The third-order valence-electron chi connectivity index (χ3n) is 8.18. The Hall–Kier alpha value is -1.65. The summed E-state index contributed by atoms with van der Waals surface area (Å²) in [5.41, 5.74) is 0.486. The Balaban J connectivity index is 1.53. The van der Waals surface area contributed by atoms with Crippen LogP contribution in [0.5, 0.6) is 0 Å². The Morgan fingerprint density at radius 3 is 2.18 bits per heavy atom. The van der Waals surface area contributed by atoms with Crippen molar-refractivity contribution in [2.45, 2.75) is 62.2 Å². The number of aliphatic hydroxyl groups is 1. The van der Waals surface area contributed by atoms with Crippen molar-refractivity contribution in [2.75, 3.05) is 45.2 Å². The highest BCUT2D eigenvalue weighted by molar-refractivity contribution is 14.1. The zero-order valence-corrected chi connectivity index (χ0v) is 26.7. The molecule has 0 saturated carbocycles. The molecule has 1 aromatic rings. The van der Waals surface area contributed by atoms with E-state index >= 15 is 4.39 Å². The molecule has 2 fully saturated rings. The first-order valence-corrected chi connectivity index (χ1v) is 15.1. The van der Waals surface area contributed by atoms with Crippen LogP contribution in [0.3, 0.4) is 0 Å². The number of aryl methyl sites for hydroxylation is 1. The van der Waals surface area contributed by atoms with Crippen LogP contribution in [0.4, 0.5) is 10.1 Å². The maximum absolute atomic E-state index is 15.1. The van der Waals surface area contributed by atoms with Crippen molar-refractivity contribution in [3.05, 3.63) is 52.6 Å². The normalized spacial score (nSPS) is 20.8. The molecule has 1 N–H and O–H groups in total. The van der Waals surface area contributed by atoms with E-state index in [2.05, 4.69) is 23.6 Å². The second-order valence-electron chi connectivity index (χ2n) is 11.5. The summed E-state index contributed by atoms with van der Waals surface area (Å²) in [6, 6.07) is 6.10. The average molecular weight is 674 g/mol. The highest BCUT2D eigenvalue weighted by Crippen LogP contribution is 2.41. The third kappa shape index (κ3) is 7.36. The Morgan fingerprint density at radius 2 is 1.72 bits per heavy atom. The van der Waals surface area contributed by atoms with Gasteiger partial charge in [-0.1, -0.05) is 18.2 Å². The van der Waals surface area contributed by atoms with Crippen molar-refractivity contribution >= 4 is 51.7 Å². The Labute approximate surface area is 251 Å². The average Bonchev–Trinajstić information content (AvgIpc) is 2.87. The highest BCUT2D eigenvalue weighted by atomic mass is 127. The van der Waals surface area contributed by atoms with Crippen molar-refractivity contribution in [3.8, 4) is 0 Å². The van der Waals surface area contributed by atoms with E-state index in [-0.39, 0.29) is 11.5 Å². The lowest BCUT2D eigenvalue weighted by Crippen LogP contribution is -2.59. The Bertz CT molecular complexity index is 1100. The van der Waals surface area contributed by atoms with Crippen LogP contribution in [0, 0.1) is 18.8 Å². The quantitative estimate of drug-likeness (QED) is 0.206. The molecule has 216 valence electrons. The van der Waals surface area contributed by atoms with Crippen molar-refractivity contribution in [2.24, 2.45) is 11.8 Å². The van der Waals surface area contributed by atoms with Gasteiger partial charge in [0.2, 0.25) is 5.60 Å². The monoisotopic (exact) mass is 673 g/mol. The summed E-state index contributed by atoms with van der Waals surface area (Å²) in [4.78, 5) is 31.3. The number of alkyl halides is 2. The minimum Gasteiger partial charge on any atom is -0.372 e. The largest absolute Gasteiger partial charge is 0.372 e. The smallest absolute Gasteiger partial charge is 0.263 e. The maximum atomic E-state index is 15.1. The molecule has 2 unspecified atom stereocenters. The van der Waals surface area contributed by atoms with E-state index in [1.807, 2.05) is 13.0 Å². The lowest BCUT2D eigenvalue weighted by molar-refractivity contribution is -0.155. The van der Waals surface area contributed by atoms with Gasteiger partial charge in [-0.3, -0.25) is 9.59 Å². The number of benzene rings is 1. The van der Waals surface area contributed by atoms with Gasteiger partial charge < -0.3 is 19.8 Å². The van der Waals surface area contributed by atoms with Crippen LogP contribution in [-0.4, -0.2) is 76.3 Å². The second-order valence-corrected chi connectivity index (χ2v) is 14.1. The molecule has 0 bridgehead atoms. The molecule has 2 aliphatic heterocycles. The number of allylic oxidation sites excluding steroid dienone is 1. The summed E-state index contributed by atoms with van der Waals surface area (Å²) in [6.07, 6.45) is 6.36. The zero-order chi connectivity index (χ0) is 29.1. The fraction of sp³-hybridized carbons (Fsp3) is 0.600. The topological polar surface area (TPSA) is 64.1 Å². The first-order chi connectivity index (χ1) is 18.1. The van der Waals surface area contributed by atoms with Crippen molar-refractivity contribution in [1.29, 1.82) is 0 Å². The van der Waals surface area contributed by atoms with Crippen LogP contribution in [0.1, 0.15) is 61.9 Å². The van der Waals surface area contributed by atoms with Crippen LogP contribution in [0.25, 0.3) is 0 Å². The van der Waals surface area contributed by atoms with E-state index in [9.17, 15) is 14.7 Å². The van der Waals surface area contributed by atoms with Crippen LogP contribution in [0.2, 0.25) is 0 Å². The van der Waals surface area contributed by atoms with Crippen LogP contribution in [0.15, 0.2) is 41.5 Å². The van der Waals surface area contributed by atoms with Gasteiger partial charge in [0.05, 0.1) is 0 Å². The molecule has 2 saturated heterocycles. The molecule has 0 aromatic heterocycles. The predicted molar refractivity (Wildman–Crippen MR) is 165 cm³/mol. The molecule has 3 rings (SSSR count). The minimum absolute atomic E-state index is 0.0234. The fourth-order valence-electron chi connectivity index (χ4n) is 5.78. The van der Waals surface area contributed by atoms with Crippen LogP contribution < -0.4 is 4.90 Å². The van der Waals surface area contributed by atoms with Gasteiger partial charge in [0.15, 0.2) is 3.68 Å². The number of carbonyl (C=O) groups excluding carboxylic acids is 2. The molecule has 0 spiro atoms. The fourth-order valence-corrected chi connectivity index (χ4v) is 6.48. The minimum atomic E-state index is -2.38. The van der Waals surface area contributed by atoms with Crippen molar-refractivity contribution in [3.63, 3.8) is 0 Å². The molecule has 39 heavy (non-hydrogen) atoms. The maximum Gasteiger partial charge on any atom is 0.263 e. The summed E-state index contributed by atoms with van der Waals surface area (Å²) in [7, 11) is 3.54. The van der Waals surface area contributed by atoms with E-state index in [0.29, 0.717) is 30.0 Å². The molecule has 1 aromatic carbocycles. The second kappa shape index (κ2) is 12.9. The number of nitrogens with zero attached hydrogens (tertiary/aromatic N) is 3. The molecule has 0 aliphatic carbocycles. The molecule has 2 amide bonds. The van der Waals surface area contributed by atoms with Gasteiger partial charge in [-0.2, -0.15) is 0 Å². The van der Waals surface area contributed by atoms with E-state index in [1.54, 1.807) is 30.8 Å². The summed E-state index contributed by atoms with van der Waals surface area (Å²) in [6.45, 7) is 11.5. The molecular formula is C30H42ClFIN3O3. The van der Waals surface area contributed by atoms with Crippen LogP contribution >= 0.6 is 34.2 Å². The SMILES string of the molecule is C=C(/C=C(\C)Cl)C(O)(C(=O)N1CCC(CC2CCN(c3ccc(C(=O)N(C)C)c(C)c3)CC2)CC1)C(C)(F)I. The molecule has 2 atom stereocenters. The molecular weight excluding hydrogens is 632 g/mol. The standard InChI is InChI=1S/C30H42ClFIN3O3/c1-20-17-25(7-8-26(20)27(37)34(5)6)35-13-9-23(10-14-35)19-24-11-15-36(16-12-24)28(38)30(39,29(4,32)33)21(2)18-22(3)31/h7-8,17-18,23-24,39H,2,9-16,19H2,1,3-6H3/b22-18+. The van der Waals surface area contributed by atoms with Gasteiger partial charge in [0, 0.05) is 56.6 Å². The number of hydrogen-bond acceptors (Lipinski definition) is 4. The number of likely N-dealkylation sites (tertiary alicyclic amines) is 1. The Kier molecular flexibility index (Phi) is 10.5. The molecule has 2 heterocycles. The summed E-state index contributed by atoms with van der Waals surface area (Å²) in [5, 5.41) is 11.5. The summed E-state index contributed by atoms with van der Waals surface area (Å²) < 4.78 is 12.9. The summed E-state index contributed by atoms with van der Waals surface area (Å²) >= 11 is 7.40. The van der Waals surface area contributed by atoms with E-state index in [4.69, 9.17) is 11.6 Å². The van der Waals surface area contributed by atoms with Gasteiger partial charge in [-0.15, -0.1) is 0 Å². The lowest BCUT2D eigenvalue weighted by Gasteiger charge is -2.42. The molecule has 0 radical (unpaired) electrons. The number of piperidine rings is 2. The van der Waals surface area contributed by atoms with Crippen molar-refractivity contribution in [1.82, 2.24) is 9.80 Å². The highest BCUT2D eigenvalue weighted by Gasteiger charge is 2.55. The number of hydrogen-bond donors (Lipinski definition) is 1. The Morgan fingerprint density at radius 1 is 1.18 bits per heavy atom. The van der Waals surface area contributed by atoms with Crippen molar-refractivity contribution < 1.29 is 19.1 Å². The van der Waals surface area contributed by atoms with E-state index in [1.165, 1.54) is 35.6 Å². The summed E-state index contributed by atoms with van der Waals surface area (Å²) in [5.74, 6) is 0.500. The molecule has 2 aliphatic rings. The van der Waals surface area contributed by atoms with Gasteiger partial charge in [-0.25, -0.2) is 4.39 Å². The number of anilines is 1.